The van der Waals surface area contributed by atoms with E-state index in [9.17, 15) is 13.2 Å². The van der Waals surface area contributed by atoms with Crippen LogP contribution >= 0.6 is 11.3 Å². The molecule has 1 rings (SSSR count). The molecule has 0 spiro atoms. The molecule has 0 aliphatic carbocycles. The summed E-state index contributed by atoms with van der Waals surface area (Å²) in [7, 11) is 0. The first-order chi connectivity index (χ1) is 7.38. The van der Waals surface area contributed by atoms with E-state index in [1.165, 1.54) is 0 Å². The highest BCUT2D eigenvalue weighted by Gasteiger charge is 2.27. The Morgan fingerprint density at radius 3 is 2.62 bits per heavy atom. The van der Waals surface area contributed by atoms with Crippen LogP contribution < -0.4 is 5.73 Å². The van der Waals surface area contributed by atoms with E-state index in [-0.39, 0.29) is 12.6 Å². The molecule has 6 heteroatoms. The van der Waals surface area contributed by atoms with Crippen LogP contribution in [0.3, 0.4) is 0 Å². The normalized spacial score (nSPS) is 14.1. The van der Waals surface area contributed by atoms with Crippen LogP contribution in [0.4, 0.5) is 13.2 Å². The molecular formula is C10H14F3NOS. The van der Waals surface area contributed by atoms with Crippen LogP contribution in [-0.2, 0) is 4.74 Å². The summed E-state index contributed by atoms with van der Waals surface area (Å²) in [5.41, 5.74) is 5.81. The van der Waals surface area contributed by atoms with Gasteiger partial charge in [-0.1, -0.05) is 0 Å². The maximum absolute atomic E-state index is 11.8. The summed E-state index contributed by atoms with van der Waals surface area (Å²) < 4.78 is 39.8. The Labute approximate surface area is 96.2 Å². The molecule has 2 N–H and O–H groups in total. The number of hydrogen-bond acceptors (Lipinski definition) is 3. The third kappa shape index (κ3) is 4.96. The Balaban J connectivity index is 2.23. The molecule has 0 aliphatic heterocycles. The van der Waals surface area contributed by atoms with Crippen molar-refractivity contribution in [1.29, 1.82) is 0 Å². The van der Waals surface area contributed by atoms with Crippen molar-refractivity contribution in [1.82, 2.24) is 0 Å². The van der Waals surface area contributed by atoms with Gasteiger partial charge in [0, 0.05) is 22.4 Å². The second-order valence-corrected chi connectivity index (χ2v) is 4.83. The van der Waals surface area contributed by atoms with E-state index in [0.29, 0.717) is 6.42 Å². The first kappa shape index (κ1) is 13.5. The zero-order valence-electron chi connectivity index (χ0n) is 8.88. The van der Waals surface area contributed by atoms with Gasteiger partial charge in [-0.3, -0.25) is 0 Å². The second-order valence-electron chi connectivity index (χ2n) is 3.51. The van der Waals surface area contributed by atoms with Gasteiger partial charge in [-0.05, 0) is 25.5 Å². The van der Waals surface area contributed by atoms with Gasteiger partial charge in [-0.25, -0.2) is 0 Å². The molecule has 1 atom stereocenters. The predicted molar refractivity (Wildman–Crippen MR) is 57.5 cm³/mol. The number of halogens is 3. The summed E-state index contributed by atoms with van der Waals surface area (Å²) in [6, 6.07) is 3.59. The number of nitrogens with two attached hydrogens (primary N) is 1. The van der Waals surface area contributed by atoms with E-state index in [0.717, 1.165) is 9.75 Å². The molecule has 0 bridgehead atoms. The summed E-state index contributed by atoms with van der Waals surface area (Å²) in [4.78, 5) is 2.12. The lowest BCUT2D eigenvalue weighted by atomic mass is 10.2. The summed E-state index contributed by atoms with van der Waals surface area (Å²) in [6.07, 6.45) is -3.86. The van der Waals surface area contributed by atoms with Gasteiger partial charge in [-0.2, -0.15) is 13.2 Å². The molecule has 92 valence electrons. The lowest BCUT2D eigenvalue weighted by Gasteiger charge is -2.11. The highest BCUT2D eigenvalue weighted by Crippen LogP contribution is 2.23. The zero-order valence-corrected chi connectivity index (χ0v) is 9.70. The van der Waals surface area contributed by atoms with Crippen LogP contribution in [0.2, 0.25) is 0 Å². The molecule has 0 radical (unpaired) electrons. The number of ether oxygens (including phenoxy) is 1. The third-order valence-corrected chi connectivity index (χ3v) is 3.10. The van der Waals surface area contributed by atoms with Crippen molar-refractivity contribution >= 4 is 11.3 Å². The summed E-state index contributed by atoms with van der Waals surface area (Å²) in [5.74, 6) is 0. The van der Waals surface area contributed by atoms with E-state index in [1.54, 1.807) is 11.3 Å². The third-order valence-electron chi connectivity index (χ3n) is 1.97. The van der Waals surface area contributed by atoms with E-state index in [4.69, 9.17) is 5.73 Å². The topological polar surface area (TPSA) is 35.2 Å². The lowest BCUT2D eigenvalue weighted by molar-refractivity contribution is -0.174. The fraction of sp³-hybridized carbons (Fsp3) is 0.600. The molecule has 1 heterocycles. The maximum atomic E-state index is 11.8. The molecule has 1 aromatic heterocycles. The first-order valence-electron chi connectivity index (χ1n) is 4.85. The number of thiophene rings is 1. The first-order valence-corrected chi connectivity index (χ1v) is 5.66. The van der Waals surface area contributed by atoms with Gasteiger partial charge >= 0.3 is 6.18 Å². The van der Waals surface area contributed by atoms with Crippen LogP contribution in [0, 0.1) is 6.92 Å². The monoisotopic (exact) mass is 253 g/mol. The zero-order chi connectivity index (χ0) is 12.2. The Morgan fingerprint density at radius 2 is 2.12 bits per heavy atom. The lowest BCUT2D eigenvalue weighted by Crippen LogP contribution is -2.19. The summed E-state index contributed by atoms with van der Waals surface area (Å²) >= 11 is 1.56. The Morgan fingerprint density at radius 1 is 1.44 bits per heavy atom. The van der Waals surface area contributed by atoms with Gasteiger partial charge in [0.25, 0.3) is 0 Å². The quantitative estimate of drug-likeness (QED) is 0.819. The van der Waals surface area contributed by atoms with Crippen molar-refractivity contribution < 1.29 is 17.9 Å². The van der Waals surface area contributed by atoms with E-state index >= 15 is 0 Å². The van der Waals surface area contributed by atoms with Crippen LogP contribution in [0.1, 0.15) is 22.2 Å². The average molecular weight is 253 g/mol. The number of hydrogen-bond donors (Lipinski definition) is 1. The number of aryl methyl sites for hydroxylation is 1. The van der Waals surface area contributed by atoms with Crippen molar-refractivity contribution in [2.24, 2.45) is 5.73 Å². The molecule has 1 aromatic rings. The summed E-state index contributed by atoms with van der Waals surface area (Å²) in [5, 5.41) is 0. The molecular weight excluding hydrogens is 239 g/mol. The van der Waals surface area contributed by atoms with Gasteiger partial charge in [0.2, 0.25) is 0 Å². The van der Waals surface area contributed by atoms with Crippen molar-refractivity contribution in [2.45, 2.75) is 25.6 Å². The van der Waals surface area contributed by atoms with Gasteiger partial charge in [0.1, 0.15) is 6.61 Å². The predicted octanol–water partition coefficient (Wildman–Crippen LogP) is 3.03. The highest BCUT2D eigenvalue weighted by atomic mass is 32.1. The molecule has 0 saturated carbocycles. The average Bonchev–Trinajstić information content (AvgIpc) is 2.57. The van der Waals surface area contributed by atoms with Gasteiger partial charge in [-0.15, -0.1) is 11.3 Å². The Kier molecular flexibility index (Phi) is 4.76. The molecule has 2 nitrogen and oxygen atoms in total. The summed E-state index contributed by atoms with van der Waals surface area (Å²) in [6.45, 7) is 0.780. The molecule has 0 amide bonds. The molecule has 1 unspecified atom stereocenters. The minimum absolute atomic E-state index is 0.0254. The molecule has 0 fully saturated rings. The molecule has 16 heavy (non-hydrogen) atoms. The maximum Gasteiger partial charge on any atom is 0.411 e. The number of alkyl halides is 3. The molecule has 0 aromatic carbocycles. The van der Waals surface area contributed by atoms with Crippen LogP contribution in [0.5, 0.6) is 0 Å². The van der Waals surface area contributed by atoms with Crippen LogP contribution in [-0.4, -0.2) is 19.4 Å². The van der Waals surface area contributed by atoms with Crippen molar-refractivity contribution in [3.05, 3.63) is 21.9 Å². The standard InChI is InChI=1S/C10H14F3NOS/c1-7-2-3-9(16-7)8(14)4-5-15-6-10(11,12)13/h2-3,8H,4-6,14H2,1H3. The SMILES string of the molecule is Cc1ccc(C(N)CCOCC(F)(F)F)s1. The van der Waals surface area contributed by atoms with E-state index in [2.05, 4.69) is 4.74 Å². The number of rotatable bonds is 5. The van der Waals surface area contributed by atoms with Gasteiger partial charge in [0.05, 0.1) is 0 Å². The van der Waals surface area contributed by atoms with Crippen LogP contribution in [0.25, 0.3) is 0 Å². The molecule has 0 aliphatic rings. The minimum atomic E-state index is -4.26. The van der Waals surface area contributed by atoms with E-state index < -0.39 is 12.8 Å². The fourth-order valence-electron chi connectivity index (χ4n) is 1.19. The van der Waals surface area contributed by atoms with Crippen molar-refractivity contribution in [2.75, 3.05) is 13.2 Å². The smallest absolute Gasteiger partial charge is 0.372 e. The Hall–Kier alpha value is -0.590. The van der Waals surface area contributed by atoms with Crippen LogP contribution in [0.15, 0.2) is 12.1 Å². The van der Waals surface area contributed by atoms with Gasteiger partial charge < -0.3 is 10.5 Å². The highest BCUT2D eigenvalue weighted by molar-refractivity contribution is 7.12. The second kappa shape index (κ2) is 5.65. The van der Waals surface area contributed by atoms with Gasteiger partial charge in [0.15, 0.2) is 0 Å². The van der Waals surface area contributed by atoms with Crippen molar-refractivity contribution in [3.63, 3.8) is 0 Å². The van der Waals surface area contributed by atoms with Crippen molar-refractivity contribution in [3.8, 4) is 0 Å². The largest absolute Gasteiger partial charge is 0.411 e. The molecule has 0 saturated heterocycles. The van der Waals surface area contributed by atoms with E-state index in [1.807, 2.05) is 19.1 Å². The Bertz CT molecular complexity index is 324. The minimum Gasteiger partial charge on any atom is -0.372 e. The fourth-order valence-corrected chi connectivity index (χ4v) is 2.11.